The number of benzene rings is 2. The molecular weight excluding hydrogens is 382 g/mol. The van der Waals surface area contributed by atoms with Crippen LogP contribution in [0, 0.1) is 0 Å². The average Bonchev–Trinajstić information content (AvgIpc) is 3.37. The first kappa shape index (κ1) is 19.7. The van der Waals surface area contributed by atoms with Gasteiger partial charge in [0.1, 0.15) is 11.9 Å². The van der Waals surface area contributed by atoms with E-state index in [2.05, 4.69) is 9.97 Å². The molecule has 0 aliphatic carbocycles. The highest BCUT2D eigenvalue weighted by Gasteiger charge is 2.41. The second kappa shape index (κ2) is 8.41. The van der Waals surface area contributed by atoms with E-state index in [-0.39, 0.29) is 11.8 Å². The Morgan fingerprint density at radius 1 is 0.967 bits per heavy atom. The van der Waals surface area contributed by atoms with E-state index in [1.54, 1.807) is 36.7 Å². The highest BCUT2D eigenvalue weighted by atomic mass is 16.5. The summed E-state index contributed by atoms with van der Waals surface area (Å²) < 4.78 is 11.4. The quantitative estimate of drug-likeness (QED) is 0.577. The van der Waals surface area contributed by atoms with Crippen molar-refractivity contribution >= 4 is 11.8 Å². The summed E-state index contributed by atoms with van der Waals surface area (Å²) in [6.07, 6.45) is 3.69. The van der Waals surface area contributed by atoms with Crippen molar-refractivity contribution in [3.8, 4) is 11.5 Å². The van der Waals surface area contributed by atoms with Gasteiger partial charge in [-0.05, 0) is 43.7 Å². The molecule has 1 unspecified atom stereocenters. The molecular formula is C23H23N3O4. The van der Waals surface area contributed by atoms with Crippen LogP contribution in [0.15, 0.2) is 54.9 Å². The minimum absolute atomic E-state index is 0.312. The molecule has 0 bridgehead atoms. The molecule has 7 nitrogen and oxygen atoms in total. The van der Waals surface area contributed by atoms with Gasteiger partial charge in [-0.25, -0.2) is 4.98 Å². The predicted octanol–water partition coefficient (Wildman–Crippen LogP) is 3.79. The highest BCUT2D eigenvalue weighted by Crippen LogP contribution is 2.35. The molecule has 1 aromatic heterocycles. The Kier molecular flexibility index (Phi) is 5.52. The van der Waals surface area contributed by atoms with Crippen LogP contribution in [0.25, 0.3) is 0 Å². The normalized spacial score (nSPS) is 14.0. The van der Waals surface area contributed by atoms with E-state index >= 15 is 0 Å². The van der Waals surface area contributed by atoms with Crippen molar-refractivity contribution in [1.82, 2.24) is 14.9 Å². The molecule has 2 heterocycles. The summed E-state index contributed by atoms with van der Waals surface area (Å²) in [5, 5.41) is 0. The number of hydrogen-bond donors (Lipinski definition) is 1. The number of fused-ring (bicyclic) bond motifs is 1. The van der Waals surface area contributed by atoms with Gasteiger partial charge < -0.3 is 14.5 Å². The summed E-state index contributed by atoms with van der Waals surface area (Å²) >= 11 is 0. The first-order valence-electron chi connectivity index (χ1n) is 9.98. The lowest BCUT2D eigenvalue weighted by Crippen LogP contribution is -2.36. The van der Waals surface area contributed by atoms with E-state index in [1.807, 2.05) is 32.0 Å². The zero-order valence-electron chi connectivity index (χ0n) is 16.9. The fourth-order valence-electron chi connectivity index (χ4n) is 3.71. The third-order valence-corrected chi connectivity index (χ3v) is 5.01. The molecule has 30 heavy (non-hydrogen) atoms. The van der Waals surface area contributed by atoms with Crippen molar-refractivity contribution in [1.29, 1.82) is 0 Å². The van der Waals surface area contributed by atoms with Crippen LogP contribution in [0.3, 0.4) is 0 Å². The number of aromatic nitrogens is 2. The van der Waals surface area contributed by atoms with E-state index in [4.69, 9.17) is 9.47 Å². The van der Waals surface area contributed by atoms with Gasteiger partial charge in [0.15, 0.2) is 11.5 Å². The van der Waals surface area contributed by atoms with E-state index in [0.29, 0.717) is 48.1 Å². The molecule has 1 N–H and O–H groups in total. The fraction of sp³-hybridized carbons (Fsp3) is 0.261. The minimum atomic E-state index is -0.570. The van der Waals surface area contributed by atoms with Crippen molar-refractivity contribution in [2.45, 2.75) is 26.3 Å². The van der Waals surface area contributed by atoms with Crippen LogP contribution in [-0.4, -0.2) is 39.9 Å². The maximum Gasteiger partial charge on any atom is 0.262 e. The number of imidazole rings is 1. The fourth-order valence-corrected chi connectivity index (χ4v) is 3.71. The third-order valence-electron chi connectivity index (χ3n) is 5.01. The zero-order valence-corrected chi connectivity index (χ0v) is 16.9. The predicted molar refractivity (Wildman–Crippen MR) is 111 cm³/mol. The van der Waals surface area contributed by atoms with Gasteiger partial charge in [-0.15, -0.1) is 0 Å². The number of imide groups is 1. The first-order chi connectivity index (χ1) is 14.6. The van der Waals surface area contributed by atoms with Crippen LogP contribution in [0.5, 0.6) is 11.5 Å². The Bertz CT molecular complexity index is 1030. The molecule has 0 saturated carbocycles. The van der Waals surface area contributed by atoms with Crippen molar-refractivity contribution < 1.29 is 19.1 Å². The number of H-pyrrole nitrogens is 1. The van der Waals surface area contributed by atoms with Crippen molar-refractivity contribution in [3.05, 3.63) is 77.4 Å². The third kappa shape index (κ3) is 3.54. The topological polar surface area (TPSA) is 84.5 Å². The molecule has 1 aliphatic heterocycles. The maximum absolute atomic E-state index is 13.1. The number of amides is 2. The number of hydrogen-bond acceptors (Lipinski definition) is 5. The van der Waals surface area contributed by atoms with E-state index in [1.165, 1.54) is 4.90 Å². The van der Waals surface area contributed by atoms with Gasteiger partial charge in [-0.1, -0.05) is 18.2 Å². The number of carbonyl (C=O) groups is 2. The summed E-state index contributed by atoms with van der Waals surface area (Å²) in [6, 6.07) is 12.0. The van der Waals surface area contributed by atoms with Gasteiger partial charge in [0, 0.05) is 18.8 Å². The molecule has 0 fully saturated rings. The Balaban J connectivity index is 1.70. The molecule has 0 radical (unpaired) electrons. The lowest BCUT2D eigenvalue weighted by Gasteiger charge is -2.25. The summed E-state index contributed by atoms with van der Waals surface area (Å²) in [6.45, 7) is 4.86. The first-order valence-corrected chi connectivity index (χ1v) is 9.98. The van der Waals surface area contributed by atoms with Gasteiger partial charge in [0.25, 0.3) is 11.8 Å². The Morgan fingerprint density at radius 3 is 2.23 bits per heavy atom. The monoisotopic (exact) mass is 405 g/mol. The van der Waals surface area contributed by atoms with E-state index < -0.39 is 6.04 Å². The maximum atomic E-state index is 13.1. The molecule has 154 valence electrons. The Morgan fingerprint density at radius 2 is 1.63 bits per heavy atom. The van der Waals surface area contributed by atoms with Crippen LogP contribution >= 0.6 is 0 Å². The molecule has 2 aromatic carbocycles. The SMILES string of the molecule is CCOc1ccc(CC(c2ncc[nH]2)N2C(=O)c3ccccc3C2=O)cc1OCC. The van der Waals surface area contributed by atoms with Gasteiger partial charge in [0.2, 0.25) is 0 Å². The Hall–Kier alpha value is -3.61. The van der Waals surface area contributed by atoms with E-state index in [9.17, 15) is 9.59 Å². The number of aromatic amines is 1. The molecule has 2 amide bonds. The summed E-state index contributed by atoms with van der Waals surface area (Å²) in [7, 11) is 0. The van der Waals surface area contributed by atoms with Gasteiger partial charge >= 0.3 is 0 Å². The number of rotatable bonds is 8. The molecule has 1 atom stereocenters. The lowest BCUT2D eigenvalue weighted by atomic mass is 10.0. The molecule has 0 saturated heterocycles. The largest absolute Gasteiger partial charge is 0.490 e. The van der Waals surface area contributed by atoms with Crippen LogP contribution < -0.4 is 9.47 Å². The smallest absolute Gasteiger partial charge is 0.262 e. The van der Waals surface area contributed by atoms with Crippen molar-refractivity contribution in [2.24, 2.45) is 0 Å². The zero-order chi connectivity index (χ0) is 21.1. The second-order valence-electron chi connectivity index (χ2n) is 6.87. The van der Waals surface area contributed by atoms with E-state index in [0.717, 1.165) is 5.56 Å². The van der Waals surface area contributed by atoms with Crippen molar-refractivity contribution in [2.75, 3.05) is 13.2 Å². The average molecular weight is 405 g/mol. The van der Waals surface area contributed by atoms with Crippen LogP contribution in [0.4, 0.5) is 0 Å². The minimum Gasteiger partial charge on any atom is -0.490 e. The summed E-state index contributed by atoms with van der Waals surface area (Å²) in [5.41, 5.74) is 1.74. The standard InChI is InChI=1S/C23H23N3O4/c1-3-29-19-10-9-15(14-20(19)30-4-2)13-18(21-24-11-12-25-21)26-22(27)16-7-5-6-8-17(16)23(26)28/h5-12,14,18H,3-4,13H2,1-2H3,(H,24,25). The molecule has 4 rings (SSSR count). The van der Waals surface area contributed by atoms with Gasteiger partial charge in [-0.2, -0.15) is 0 Å². The number of nitrogens with one attached hydrogen (secondary N) is 1. The van der Waals surface area contributed by atoms with Gasteiger partial charge in [0.05, 0.1) is 24.3 Å². The van der Waals surface area contributed by atoms with Crippen LogP contribution in [0.1, 0.15) is 52.0 Å². The van der Waals surface area contributed by atoms with Gasteiger partial charge in [-0.3, -0.25) is 14.5 Å². The number of nitrogens with zero attached hydrogens (tertiary/aromatic N) is 2. The molecule has 1 aliphatic rings. The number of carbonyl (C=O) groups excluding carboxylic acids is 2. The summed E-state index contributed by atoms with van der Waals surface area (Å²) in [5.74, 6) is 1.23. The van der Waals surface area contributed by atoms with Crippen LogP contribution in [-0.2, 0) is 6.42 Å². The lowest BCUT2D eigenvalue weighted by molar-refractivity contribution is 0.0574. The van der Waals surface area contributed by atoms with Crippen molar-refractivity contribution in [3.63, 3.8) is 0 Å². The molecule has 7 heteroatoms. The summed E-state index contributed by atoms with van der Waals surface area (Å²) in [4.78, 5) is 34.8. The van der Waals surface area contributed by atoms with Crippen LogP contribution in [0.2, 0.25) is 0 Å². The highest BCUT2D eigenvalue weighted by molar-refractivity contribution is 6.21. The molecule has 3 aromatic rings. The Labute approximate surface area is 174 Å². The number of ether oxygens (including phenoxy) is 2. The molecule has 0 spiro atoms. The second-order valence-corrected chi connectivity index (χ2v) is 6.87.